The molecule has 0 fully saturated rings. The van der Waals surface area contributed by atoms with Crippen molar-refractivity contribution in [2.45, 2.75) is 20.4 Å². The summed E-state index contributed by atoms with van der Waals surface area (Å²) in [5, 5.41) is 4.49. The molecule has 0 amide bonds. The van der Waals surface area contributed by atoms with Gasteiger partial charge in [-0.2, -0.15) is 4.98 Å². The molecule has 0 bridgehead atoms. The lowest BCUT2D eigenvalue weighted by Gasteiger charge is -2.13. The molecule has 36 heavy (non-hydrogen) atoms. The first kappa shape index (κ1) is 23.1. The number of ether oxygens (including phenoxy) is 2. The lowest BCUT2D eigenvalue weighted by Crippen LogP contribution is -2.39. The van der Waals surface area contributed by atoms with Gasteiger partial charge in [-0.1, -0.05) is 23.4 Å². The molecule has 0 unspecified atom stereocenters. The fourth-order valence-electron chi connectivity index (χ4n) is 4.33. The summed E-state index contributed by atoms with van der Waals surface area (Å²) in [6.45, 7) is 3.84. The molecule has 0 atom stereocenters. The largest absolute Gasteiger partial charge is 0.493 e. The van der Waals surface area contributed by atoms with Crippen LogP contribution in [-0.4, -0.2) is 33.5 Å². The second-order valence-corrected chi connectivity index (χ2v) is 8.45. The van der Waals surface area contributed by atoms with E-state index in [0.29, 0.717) is 39.5 Å². The van der Waals surface area contributed by atoms with Gasteiger partial charge in [0.25, 0.3) is 5.56 Å². The molecular weight excluding hydrogens is 460 g/mol. The van der Waals surface area contributed by atoms with Gasteiger partial charge in [0.05, 0.1) is 30.8 Å². The maximum absolute atomic E-state index is 13.7. The Bertz CT molecular complexity index is 1690. The maximum Gasteiger partial charge on any atom is 0.336 e. The lowest BCUT2D eigenvalue weighted by atomic mass is 10.1. The summed E-state index contributed by atoms with van der Waals surface area (Å²) in [4.78, 5) is 31.5. The number of aryl methyl sites for hydroxylation is 2. The van der Waals surface area contributed by atoms with Crippen LogP contribution in [0.4, 0.5) is 0 Å². The summed E-state index contributed by atoms with van der Waals surface area (Å²) in [5.41, 5.74) is 2.69. The molecule has 0 aliphatic carbocycles. The van der Waals surface area contributed by atoms with Crippen LogP contribution >= 0.6 is 0 Å². The van der Waals surface area contributed by atoms with Crippen molar-refractivity contribution in [3.63, 3.8) is 0 Å². The standard InChI is InChI=1S/C27H24N4O5/c1-16-11-17(2)13-19(12-16)31-26(32)20-7-5-6-8-21(20)30(27(31)33)15-24-28-25(29-36-24)18-9-10-22(34-3)23(14-18)35-4/h5-14H,15H2,1-4H3. The van der Waals surface area contributed by atoms with Crippen molar-refractivity contribution in [2.24, 2.45) is 0 Å². The van der Waals surface area contributed by atoms with E-state index in [9.17, 15) is 9.59 Å². The smallest absolute Gasteiger partial charge is 0.336 e. The third-order valence-electron chi connectivity index (χ3n) is 5.92. The highest BCUT2D eigenvalue weighted by Gasteiger charge is 2.18. The Morgan fingerprint density at radius 2 is 1.61 bits per heavy atom. The molecule has 9 nitrogen and oxygen atoms in total. The third kappa shape index (κ3) is 4.04. The Kier molecular flexibility index (Phi) is 5.89. The van der Waals surface area contributed by atoms with Crippen LogP contribution in [0, 0.1) is 13.8 Å². The SMILES string of the molecule is COc1ccc(-c2noc(Cn3c(=O)n(-c4cc(C)cc(C)c4)c(=O)c4ccccc43)n2)cc1OC. The van der Waals surface area contributed by atoms with Crippen LogP contribution in [0.1, 0.15) is 17.0 Å². The minimum absolute atomic E-state index is 0.00921. The van der Waals surface area contributed by atoms with Gasteiger partial charge in [-0.3, -0.25) is 9.36 Å². The quantitative estimate of drug-likeness (QED) is 0.360. The van der Waals surface area contributed by atoms with Crippen LogP contribution in [0.15, 0.2) is 74.8 Å². The lowest BCUT2D eigenvalue weighted by molar-refractivity contribution is 0.355. The molecule has 0 aliphatic heterocycles. The highest BCUT2D eigenvalue weighted by molar-refractivity contribution is 5.78. The Labute approximate surface area is 206 Å². The van der Waals surface area contributed by atoms with E-state index in [1.54, 1.807) is 56.7 Å². The molecule has 182 valence electrons. The van der Waals surface area contributed by atoms with Gasteiger partial charge in [0, 0.05) is 5.56 Å². The van der Waals surface area contributed by atoms with Crippen LogP contribution in [0.25, 0.3) is 28.0 Å². The summed E-state index contributed by atoms with van der Waals surface area (Å²) >= 11 is 0. The summed E-state index contributed by atoms with van der Waals surface area (Å²) in [7, 11) is 3.11. The molecule has 5 rings (SSSR count). The minimum atomic E-state index is -0.491. The summed E-state index contributed by atoms with van der Waals surface area (Å²) < 4.78 is 18.8. The number of hydrogen-bond donors (Lipinski definition) is 0. The summed E-state index contributed by atoms with van der Waals surface area (Å²) in [5.74, 6) is 1.67. The molecule has 5 aromatic rings. The summed E-state index contributed by atoms with van der Waals surface area (Å²) in [6, 6.07) is 17.9. The first-order chi connectivity index (χ1) is 17.4. The average Bonchev–Trinajstić information content (AvgIpc) is 3.34. The average molecular weight is 485 g/mol. The maximum atomic E-state index is 13.7. The van der Waals surface area contributed by atoms with Crippen molar-refractivity contribution in [1.82, 2.24) is 19.3 Å². The van der Waals surface area contributed by atoms with Crippen molar-refractivity contribution >= 4 is 10.9 Å². The molecule has 0 N–H and O–H groups in total. The third-order valence-corrected chi connectivity index (χ3v) is 5.92. The zero-order valence-electron chi connectivity index (χ0n) is 20.3. The van der Waals surface area contributed by atoms with E-state index in [2.05, 4.69) is 10.1 Å². The fraction of sp³-hybridized carbons (Fsp3) is 0.185. The Morgan fingerprint density at radius 1 is 0.889 bits per heavy atom. The second kappa shape index (κ2) is 9.18. The molecule has 0 saturated heterocycles. The number of aromatic nitrogens is 4. The second-order valence-electron chi connectivity index (χ2n) is 8.45. The van der Waals surface area contributed by atoms with E-state index in [0.717, 1.165) is 11.1 Å². The Hall–Kier alpha value is -4.66. The van der Waals surface area contributed by atoms with E-state index < -0.39 is 5.69 Å². The van der Waals surface area contributed by atoms with Crippen LogP contribution < -0.4 is 20.7 Å². The zero-order chi connectivity index (χ0) is 25.4. The number of hydrogen-bond acceptors (Lipinski definition) is 7. The monoisotopic (exact) mass is 484 g/mol. The van der Waals surface area contributed by atoms with Crippen molar-refractivity contribution < 1.29 is 14.0 Å². The van der Waals surface area contributed by atoms with Crippen LogP contribution in [0.5, 0.6) is 11.5 Å². The van der Waals surface area contributed by atoms with Gasteiger partial charge in [0.1, 0.15) is 6.54 Å². The molecular formula is C27H24N4O5. The number of rotatable bonds is 6. The van der Waals surface area contributed by atoms with Crippen LogP contribution in [0.3, 0.4) is 0 Å². The van der Waals surface area contributed by atoms with Gasteiger partial charge in [0.2, 0.25) is 11.7 Å². The summed E-state index contributed by atoms with van der Waals surface area (Å²) in [6.07, 6.45) is 0. The molecule has 0 spiro atoms. The van der Waals surface area contributed by atoms with Gasteiger partial charge in [0.15, 0.2) is 11.5 Å². The first-order valence-corrected chi connectivity index (χ1v) is 11.3. The molecule has 9 heteroatoms. The predicted octanol–water partition coefficient (Wildman–Crippen LogP) is 3.88. The fourth-order valence-corrected chi connectivity index (χ4v) is 4.33. The number of methoxy groups -OCH3 is 2. The molecule has 3 aromatic carbocycles. The van der Waals surface area contributed by atoms with E-state index >= 15 is 0 Å². The van der Waals surface area contributed by atoms with E-state index in [1.165, 1.54) is 9.13 Å². The van der Waals surface area contributed by atoms with Gasteiger partial charge in [-0.15, -0.1) is 0 Å². The van der Waals surface area contributed by atoms with Crippen molar-refractivity contribution in [2.75, 3.05) is 14.2 Å². The molecule has 0 saturated carbocycles. The zero-order valence-corrected chi connectivity index (χ0v) is 20.3. The molecule has 2 aromatic heterocycles. The van der Waals surface area contributed by atoms with Crippen molar-refractivity contribution in [3.8, 4) is 28.6 Å². The topological polar surface area (TPSA) is 101 Å². The molecule has 0 aliphatic rings. The molecule has 2 heterocycles. The number of benzene rings is 3. The number of para-hydroxylation sites is 1. The van der Waals surface area contributed by atoms with Gasteiger partial charge in [-0.05, 0) is 67.4 Å². The van der Waals surface area contributed by atoms with Gasteiger partial charge < -0.3 is 14.0 Å². The normalized spacial score (nSPS) is 11.1. The van der Waals surface area contributed by atoms with E-state index in [1.807, 2.05) is 32.0 Å². The highest BCUT2D eigenvalue weighted by atomic mass is 16.5. The van der Waals surface area contributed by atoms with Crippen LogP contribution in [-0.2, 0) is 6.54 Å². The van der Waals surface area contributed by atoms with Crippen molar-refractivity contribution in [3.05, 3.63) is 98.5 Å². The minimum Gasteiger partial charge on any atom is -0.493 e. The Morgan fingerprint density at radius 3 is 2.33 bits per heavy atom. The molecule has 0 radical (unpaired) electrons. The van der Waals surface area contributed by atoms with Crippen molar-refractivity contribution in [1.29, 1.82) is 0 Å². The highest BCUT2D eigenvalue weighted by Crippen LogP contribution is 2.31. The number of fused-ring (bicyclic) bond motifs is 1. The van der Waals surface area contributed by atoms with Gasteiger partial charge >= 0.3 is 5.69 Å². The van der Waals surface area contributed by atoms with Gasteiger partial charge in [-0.25, -0.2) is 9.36 Å². The van der Waals surface area contributed by atoms with Crippen LogP contribution in [0.2, 0.25) is 0 Å². The number of nitrogens with zero attached hydrogens (tertiary/aromatic N) is 4. The Balaban J connectivity index is 1.62. The predicted molar refractivity (Wildman–Crippen MR) is 135 cm³/mol. The van der Waals surface area contributed by atoms with E-state index in [4.69, 9.17) is 14.0 Å². The van der Waals surface area contributed by atoms with E-state index in [-0.39, 0.29) is 18.0 Å². The first-order valence-electron chi connectivity index (χ1n) is 11.3.